The zero-order valence-electron chi connectivity index (χ0n) is 18.9. The molecule has 0 aromatic heterocycles. The highest BCUT2D eigenvalue weighted by Gasteiger charge is 2.19. The molecule has 0 aliphatic heterocycles. The van der Waals surface area contributed by atoms with E-state index in [0.29, 0.717) is 12.8 Å². The highest BCUT2D eigenvalue weighted by molar-refractivity contribution is 5.93. The molecule has 0 spiro atoms. The fraction of sp³-hybridized carbons (Fsp3) is 0.333. The summed E-state index contributed by atoms with van der Waals surface area (Å²) < 4.78 is 21.3. The average Bonchev–Trinajstić information content (AvgIpc) is 2.76. The van der Waals surface area contributed by atoms with Crippen LogP contribution in [0, 0.1) is 0 Å². The van der Waals surface area contributed by atoms with E-state index < -0.39 is 23.9 Å². The van der Waals surface area contributed by atoms with Gasteiger partial charge in [0.2, 0.25) is 0 Å². The number of esters is 2. The molecule has 0 aliphatic rings. The van der Waals surface area contributed by atoms with Gasteiger partial charge in [0, 0.05) is 13.8 Å². The molecule has 10 heteroatoms. The third-order valence-corrected chi connectivity index (χ3v) is 4.46. The van der Waals surface area contributed by atoms with Gasteiger partial charge in [0.1, 0.15) is 11.1 Å². The summed E-state index contributed by atoms with van der Waals surface area (Å²) in [6.07, 6.45) is 2.86. The number of ether oxygens (including phenoxy) is 4. The van der Waals surface area contributed by atoms with E-state index in [1.54, 1.807) is 0 Å². The maximum Gasteiger partial charge on any atom is 0.339 e. The molecule has 0 atom stereocenters. The molecule has 0 amide bonds. The van der Waals surface area contributed by atoms with Gasteiger partial charge < -0.3 is 29.2 Å². The number of hydrogen-bond acceptors (Lipinski definition) is 8. The van der Waals surface area contributed by atoms with Crippen molar-refractivity contribution >= 4 is 23.9 Å². The third kappa shape index (κ3) is 7.80. The maximum atomic E-state index is 11.3. The number of benzene rings is 2. The predicted molar refractivity (Wildman–Crippen MR) is 119 cm³/mol. The Morgan fingerprint density at radius 1 is 0.647 bits per heavy atom. The monoisotopic (exact) mass is 474 g/mol. The zero-order chi connectivity index (χ0) is 25.1. The fourth-order valence-corrected chi connectivity index (χ4v) is 3.02. The molecule has 182 valence electrons. The van der Waals surface area contributed by atoms with Crippen LogP contribution in [0.3, 0.4) is 0 Å². The van der Waals surface area contributed by atoms with Crippen molar-refractivity contribution in [2.75, 3.05) is 13.2 Å². The average molecular weight is 474 g/mol. The number of carbonyl (C=O) groups is 4. The molecule has 2 aromatic carbocycles. The van der Waals surface area contributed by atoms with Gasteiger partial charge in [0.05, 0.1) is 13.2 Å². The van der Waals surface area contributed by atoms with Gasteiger partial charge in [-0.25, -0.2) is 9.59 Å². The lowest BCUT2D eigenvalue weighted by atomic mass is 10.1. The second-order valence-electron chi connectivity index (χ2n) is 7.17. The summed E-state index contributed by atoms with van der Waals surface area (Å²) in [5, 5.41) is 18.5. The molecule has 10 nitrogen and oxygen atoms in total. The summed E-state index contributed by atoms with van der Waals surface area (Å²) in [6.45, 7) is 2.93. The van der Waals surface area contributed by atoms with Gasteiger partial charge in [-0.15, -0.1) is 0 Å². The molecule has 2 aromatic rings. The topological polar surface area (TPSA) is 146 Å². The van der Waals surface area contributed by atoms with Crippen molar-refractivity contribution < 1.29 is 48.3 Å². The van der Waals surface area contributed by atoms with Gasteiger partial charge in [-0.1, -0.05) is 12.1 Å². The van der Waals surface area contributed by atoms with Crippen molar-refractivity contribution in [1.82, 2.24) is 0 Å². The van der Waals surface area contributed by atoms with Gasteiger partial charge in [0.25, 0.3) is 0 Å². The first-order chi connectivity index (χ1) is 16.2. The van der Waals surface area contributed by atoms with E-state index in [0.717, 1.165) is 12.8 Å². The first-order valence-electron chi connectivity index (χ1n) is 10.6. The Balaban J connectivity index is 1.81. The summed E-state index contributed by atoms with van der Waals surface area (Å²) in [5.74, 6) is -3.65. The van der Waals surface area contributed by atoms with Crippen LogP contribution in [-0.4, -0.2) is 47.3 Å². The van der Waals surface area contributed by atoms with Crippen molar-refractivity contribution in [2.24, 2.45) is 0 Å². The Kier molecular flexibility index (Phi) is 9.88. The van der Waals surface area contributed by atoms with Gasteiger partial charge in [-0.05, 0) is 49.9 Å². The van der Waals surface area contributed by atoms with Gasteiger partial charge in [0.15, 0.2) is 23.0 Å². The van der Waals surface area contributed by atoms with Crippen LogP contribution in [0.15, 0.2) is 36.4 Å². The van der Waals surface area contributed by atoms with Crippen LogP contribution in [0.5, 0.6) is 23.0 Å². The second kappa shape index (κ2) is 12.8. The first-order valence-corrected chi connectivity index (χ1v) is 10.6. The van der Waals surface area contributed by atoms with E-state index >= 15 is 0 Å². The summed E-state index contributed by atoms with van der Waals surface area (Å²) in [5.41, 5.74) is -0.324. The van der Waals surface area contributed by atoms with Gasteiger partial charge in [-0.3, -0.25) is 9.59 Å². The first kappa shape index (κ1) is 26.2. The lowest BCUT2D eigenvalue weighted by molar-refractivity contribution is -0.133. The van der Waals surface area contributed by atoms with E-state index in [-0.39, 0.29) is 47.3 Å². The number of carbonyl (C=O) groups excluding carboxylic acids is 2. The SMILES string of the molecule is CC(=O)Oc1c(OCCCCCCOc2cccc(C(=O)O)c2OC(C)=O)cccc1C(=O)O. The predicted octanol–water partition coefficient (Wildman–Crippen LogP) is 3.95. The Hall–Kier alpha value is -4.08. The number of para-hydroxylation sites is 2. The van der Waals surface area contributed by atoms with E-state index in [1.807, 2.05) is 0 Å². The molecule has 0 unspecified atom stereocenters. The highest BCUT2D eigenvalue weighted by atomic mass is 16.6. The minimum Gasteiger partial charge on any atom is -0.490 e. The number of unbranched alkanes of at least 4 members (excludes halogenated alkanes) is 3. The molecule has 0 saturated heterocycles. The molecule has 0 fully saturated rings. The number of rotatable bonds is 13. The minimum absolute atomic E-state index is 0.122. The highest BCUT2D eigenvalue weighted by Crippen LogP contribution is 2.33. The maximum absolute atomic E-state index is 11.3. The normalized spacial score (nSPS) is 10.3. The Morgan fingerprint density at radius 3 is 1.35 bits per heavy atom. The lowest BCUT2D eigenvalue weighted by Crippen LogP contribution is -2.10. The van der Waals surface area contributed by atoms with Crippen LogP contribution in [0.1, 0.15) is 60.2 Å². The van der Waals surface area contributed by atoms with E-state index in [9.17, 15) is 29.4 Å². The molecule has 0 bridgehead atoms. The summed E-state index contributed by atoms with van der Waals surface area (Å²) in [6, 6.07) is 8.73. The molecule has 0 aliphatic carbocycles. The Morgan fingerprint density at radius 2 is 1.03 bits per heavy atom. The largest absolute Gasteiger partial charge is 0.490 e. The fourth-order valence-electron chi connectivity index (χ4n) is 3.02. The number of carboxylic acids is 2. The zero-order valence-corrected chi connectivity index (χ0v) is 18.9. The lowest BCUT2D eigenvalue weighted by Gasteiger charge is -2.13. The number of aromatic carboxylic acids is 2. The van der Waals surface area contributed by atoms with Crippen molar-refractivity contribution in [2.45, 2.75) is 39.5 Å². The smallest absolute Gasteiger partial charge is 0.339 e. The quantitative estimate of drug-likeness (QED) is 0.248. The van der Waals surface area contributed by atoms with Crippen molar-refractivity contribution in [3.63, 3.8) is 0 Å². The summed E-state index contributed by atoms with van der Waals surface area (Å²) >= 11 is 0. The van der Waals surface area contributed by atoms with E-state index in [1.165, 1.54) is 50.2 Å². The minimum atomic E-state index is -1.23. The third-order valence-electron chi connectivity index (χ3n) is 4.46. The summed E-state index contributed by atoms with van der Waals surface area (Å²) in [7, 11) is 0. The second-order valence-corrected chi connectivity index (χ2v) is 7.17. The molecular formula is C24H26O10. The van der Waals surface area contributed by atoms with Crippen LogP contribution >= 0.6 is 0 Å². The van der Waals surface area contributed by atoms with Crippen LogP contribution in [0.2, 0.25) is 0 Å². The van der Waals surface area contributed by atoms with Crippen LogP contribution < -0.4 is 18.9 Å². The van der Waals surface area contributed by atoms with Gasteiger partial charge >= 0.3 is 23.9 Å². The molecule has 34 heavy (non-hydrogen) atoms. The standard InChI is InChI=1S/C24H26O10/c1-15(25)33-21-17(23(27)28)9-7-11-19(21)31-13-5-3-4-6-14-32-20-12-8-10-18(24(29)30)22(20)34-16(2)26/h7-12H,3-6,13-14H2,1-2H3,(H,27,28)(H,29,30). The van der Waals surface area contributed by atoms with E-state index in [4.69, 9.17) is 18.9 Å². The summed E-state index contributed by atoms with van der Waals surface area (Å²) in [4.78, 5) is 45.3. The molecule has 2 rings (SSSR count). The molecule has 0 radical (unpaired) electrons. The van der Waals surface area contributed by atoms with Crippen LogP contribution in [0.4, 0.5) is 0 Å². The van der Waals surface area contributed by atoms with E-state index in [2.05, 4.69) is 0 Å². The van der Waals surface area contributed by atoms with Crippen molar-refractivity contribution in [3.05, 3.63) is 47.5 Å². The molecule has 0 heterocycles. The van der Waals surface area contributed by atoms with Crippen LogP contribution in [0.25, 0.3) is 0 Å². The van der Waals surface area contributed by atoms with Crippen molar-refractivity contribution in [3.8, 4) is 23.0 Å². The van der Waals surface area contributed by atoms with Gasteiger partial charge in [-0.2, -0.15) is 0 Å². The molecule has 2 N–H and O–H groups in total. The molecule has 0 saturated carbocycles. The number of hydrogen-bond donors (Lipinski definition) is 2. The Bertz CT molecular complexity index is 961. The van der Waals surface area contributed by atoms with Crippen LogP contribution in [-0.2, 0) is 9.59 Å². The number of carboxylic acid groups (broad SMARTS) is 2. The molecular weight excluding hydrogens is 448 g/mol. The van der Waals surface area contributed by atoms with Crippen molar-refractivity contribution in [1.29, 1.82) is 0 Å². The Labute approximate surface area is 196 Å².